The molecule has 1 saturated heterocycles. The van der Waals surface area contributed by atoms with Crippen LogP contribution in [0.2, 0.25) is 0 Å². The normalized spacial score (nSPS) is 23.6. The summed E-state index contributed by atoms with van der Waals surface area (Å²) in [7, 11) is 0. The van der Waals surface area contributed by atoms with Gasteiger partial charge in [-0.05, 0) is 24.6 Å². The molecule has 1 fully saturated rings. The predicted molar refractivity (Wildman–Crippen MR) is 62.1 cm³/mol. The molecule has 92 valence electrons. The summed E-state index contributed by atoms with van der Waals surface area (Å²) in [5.74, 6) is -0.519. The summed E-state index contributed by atoms with van der Waals surface area (Å²) in [6.45, 7) is 3.55. The zero-order valence-electron chi connectivity index (χ0n) is 9.78. The highest BCUT2D eigenvalue weighted by molar-refractivity contribution is 5.74. The standard InChI is InChI=1S/C13H16FNO2/c1-2-17-13(16)12-8-15-7-11(12)9-3-5-10(14)6-4-9/h3-6,11-12,15H,2,7-8H2,1H3/t11-,12+/m1/s1. The summed E-state index contributed by atoms with van der Waals surface area (Å²) in [5.41, 5.74) is 0.981. The van der Waals surface area contributed by atoms with Crippen molar-refractivity contribution in [3.8, 4) is 0 Å². The zero-order valence-corrected chi connectivity index (χ0v) is 9.78. The van der Waals surface area contributed by atoms with E-state index in [1.54, 1.807) is 19.1 Å². The lowest BCUT2D eigenvalue weighted by Crippen LogP contribution is -2.24. The second-order valence-corrected chi connectivity index (χ2v) is 4.17. The van der Waals surface area contributed by atoms with Crippen LogP contribution in [0.25, 0.3) is 0 Å². The fraction of sp³-hybridized carbons (Fsp3) is 0.462. The first-order chi connectivity index (χ1) is 8.22. The first-order valence-electron chi connectivity index (χ1n) is 5.85. The fourth-order valence-corrected chi connectivity index (χ4v) is 2.24. The summed E-state index contributed by atoms with van der Waals surface area (Å²) in [6, 6.07) is 6.32. The average molecular weight is 237 g/mol. The Kier molecular flexibility index (Phi) is 3.74. The molecular formula is C13H16FNO2. The number of hydrogen-bond acceptors (Lipinski definition) is 3. The van der Waals surface area contributed by atoms with Crippen molar-refractivity contribution in [1.82, 2.24) is 5.32 Å². The maximum Gasteiger partial charge on any atom is 0.310 e. The number of benzene rings is 1. The smallest absolute Gasteiger partial charge is 0.310 e. The third kappa shape index (κ3) is 2.64. The molecule has 17 heavy (non-hydrogen) atoms. The average Bonchev–Trinajstić information content (AvgIpc) is 2.79. The van der Waals surface area contributed by atoms with E-state index in [0.717, 1.165) is 12.1 Å². The van der Waals surface area contributed by atoms with Gasteiger partial charge in [-0.15, -0.1) is 0 Å². The van der Waals surface area contributed by atoms with Gasteiger partial charge in [0.2, 0.25) is 0 Å². The van der Waals surface area contributed by atoms with Gasteiger partial charge in [0, 0.05) is 19.0 Å². The molecule has 1 aromatic rings. The molecule has 2 rings (SSSR count). The van der Waals surface area contributed by atoms with Crippen molar-refractivity contribution in [2.24, 2.45) is 5.92 Å². The lowest BCUT2D eigenvalue weighted by Gasteiger charge is -2.17. The highest BCUT2D eigenvalue weighted by Gasteiger charge is 2.34. The second-order valence-electron chi connectivity index (χ2n) is 4.17. The molecule has 0 bridgehead atoms. The molecule has 0 saturated carbocycles. The van der Waals surface area contributed by atoms with Crippen LogP contribution in [0, 0.1) is 11.7 Å². The number of carbonyl (C=O) groups is 1. The molecule has 0 amide bonds. The lowest BCUT2D eigenvalue weighted by molar-refractivity contribution is -0.147. The highest BCUT2D eigenvalue weighted by atomic mass is 19.1. The van der Waals surface area contributed by atoms with E-state index in [9.17, 15) is 9.18 Å². The van der Waals surface area contributed by atoms with E-state index in [2.05, 4.69) is 5.32 Å². The number of ether oxygens (including phenoxy) is 1. The van der Waals surface area contributed by atoms with Crippen molar-refractivity contribution in [1.29, 1.82) is 0 Å². The van der Waals surface area contributed by atoms with E-state index in [1.807, 2.05) is 0 Å². The Hall–Kier alpha value is -1.42. The van der Waals surface area contributed by atoms with Gasteiger partial charge >= 0.3 is 5.97 Å². The molecule has 4 heteroatoms. The van der Waals surface area contributed by atoms with Crippen molar-refractivity contribution < 1.29 is 13.9 Å². The minimum atomic E-state index is -0.257. The van der Waals surface area contributed by atoms with Crippen LogP contribution in [0.1, 0.15) is 18.4 Å². The quantitative estimate of drug-likeness (QED) is 0.813. The van der Waals surface area contributed by atoms with Gasteiger partial charge in [0.15, 0.2) is 0 Å². The summed E-state index contributed by atoms with van der Waals surface area (Å²) in [6.07, 6.45) is 0. The minimum absolute atomic E-state index is 0.0784. The molecule has 0 radical (unpaired) electrons. The first-order valence-corrected chi connectivity index (χ1v) is 5.85. The van der Waals surface area contributed by atoms with Gasteiger partial charge in [-0.1, -0.05) is 12.1 Å². The molecule has 1 aromatic carbocycles. The van der Waals surface area contributed by atoms with Gasteiger partial charge in [-0.2, -0.15) is 0 Å². The molecule has 3 nitrogen and oxygen atoms in total. The van der Waals surface area contributed by atoms with Crippen LogP contribution >= 0.6 is 0 Å². The van der Waals surface area contributed by atoms with Crippen LogP contribution in [0.3, 0.4) is 0 Å². The molecule has 1 heterocycles. The number of rotatable bonds is 3. The maximum atomic E-state index is 12.8. The monoisotopic (exact) mass is 237 g/mol. The van der Waals surface area contributed by atoms with Crippen LogP contribution < -0.4 is 5.32 Å². The van der Waals surface area contributed by atoms with E-state index in [-0.39, 0.29) is 23.6 Å². The SMILES string of the molecule is CCOC(=O)[C@H]1CNC[C@@H]1c1ccc(F)cc1. The Morgan fingerprint density at radius 2 is 2.12 bits per heavy atom. The third-order valence-electron chi connectivity index (χ3n) is 3.10. The largest absolute Gasteiger partial charge is 0.466 e. The topological polar surface area (TPSA) is 38.3 Å². The van der Waals surface area contributed by atoms with Crippen LogP contribution in [-0.2, 0) is 9.53 Å². The second kappa shape index (κ2) is 5.27. The van der Waals surface area contributed by atoms with Gasteiger partial charge in [-0.25, -0.2) is 4.39 Å². The summed E-state index contributed by atoms with van der Waals surface area (Å²) >= 11 is 0. The lowest BCUT2D eigenvalue weighted by atomic mass is 9.89. The minimum Gasteiger partial charge on any atom is -0.466 e. The first kappa shape index (κ1) is 12.0. The number of esters is 1. The van der Waals surface area contributed by atoms with Crippen molar-refractivity contribution in [2.45, 2.75) is 12.8 Å². The van der Waals surface area contributed by atoms with E-state index in [0.29, 0.717) is 13.2 Å². The van der Waals surface area contributed by atoms with Gasteiger partial charge in [0.1, 0.15) is 5.82 Å². The van der Waals surface area contributed by atoms with Crippen molar-refractivity contribution in [2.75, 3.05) is 19.7 Å². The Bertz CT molecular complexity index is 391. The van der Waals surface area contributed by atoms with Gasteiger partial charge in [-0.3, -0.25) is 4.79 Å². The third-order valence-corrected chi connectivity index (χ3v) is 3.10. The molecule has 0 aliphatic carbocycles. The van der Waals surface area contributed by atoms with E-state index >= 15 is 0 Å². The molecule has 1 aliphatic heterocycles. The van der Waals surface area contributed by atoms with Crippen LogP contribution in [0.4, 0.5) is 4.39 Å². The molecule has 2 atom stereocenters. The van der Waals surface area contributed by atoms with Crippen LogP contribution in [0.15, 0.2) is 24.3 Å². The van der Waals surface area contributed by atoms with Crippen molar-refractivity contribution >= 4 is 5.97 Å². The van der Waals surface area contributed by atoms with Crippen molar-refractivity contribution in [3.63, 3.8) is 0 Å². The Morgan fingerprint density at radius 3 is 2.76 bits per heavy atom. The molecular weight excluding hydrogens is 221 g/mol. The van der Waals surface area contributed by atoms with Gasteiger partial charge < -0.3 is 10.1 Å². The number of hydrogen-bond donors (Lipinski definition) is 1. The van der Waals surface area contributed by atoms with Crippen molar-refractivity contribution in [3.05, 3.63) is 35.6 Å². The van der Waals surface area contributed by atoms with Gasteiger partial charge in [0.05, 0.1) is 12.5 Å². The highest BCUT2D eigenvalue weighted by Crippen LogP contribution is 2.29. The van der Waals surface area contributed by atoms with E-state index in [1.165, 1.54) is 12.1 Å². The maximum absolute atomic E-state index is 12.8. The number of halogens is 1. The number of nitrogens with one attached hydrogen (secondary N) is 1. The molecule has 1 aliphatic rings. The summed E-state index contributed by atoms with van der Waals surface area (Å²) < 4.78 is 17.9. The van der Waals surface area contributed by atoms with Gasteiger partial charge in [0.25, 0.3) is 0 Å². The Morgan fingerprint density at radius 1 is 1.41 bits per heavy atom. The Balaban J connectivity index is 2.14. The van der Waals surface area contributed by atoms with Crippen LogP contribution in [-0.4, -0.2) is 25.7 Å². The molecule has 1 N–H and O–H groups in total. The predicted octanol–water partition coefficient (Wildman–Crippen LogP) is 1.69. The Labute approximate surface area is 100.0 Å². The number of carbonyl (C=O) groups excluding carboxylic acids is 1. The summed E-state index contributed by atoms with van der Waals surface area (Å²) in [4.78, 5) is 11.8. The zero-order chi connectivity index (χ0) is 12.3. The molecule has 0 unspecified atom stereocenters. The summed E-state index contributed by atoms with van der Waals surface area (Å²) in [5, 5.41) is 3.18. The molecule has 0 aromatic heterocycles. The van der Waals surface area contributed by atoms with E-state index in [4.69, 9.17) is 4.74 Å². The van der Waals surface area contributed by atoms with E-state index < -0.39 is 0 Å². The van der Waals surface area contributed by atoms with Crippen LogP contribution in [0.5, 0.6) is 0 Å². The fourth-order valence-electron chi connectivity index (χ4n) is 2.24. The molecule has 0 spiro atoms.